The van der Waals surface area contributed by atoms with Gasteiger partial charge in [-0.15, -0.1) is 11.3 Å². The van der Waals surface area contributed by atoms with Gasteiger partial charge in [0, 0.05) is 20.8 Å². The third kappa shape index (κ3) is 5.09. The van der Waals surface area contributed by atoms with Crippen LogP contribution in [-0.4, -0.2) is 12.6 Å². The van der Waals surface area contributed by atoms with Crippen LogP contribution in [0.2, 0.25) is 0 Å². The van der Waals surface area contributed by atoms with E-state index >= 15 is 0 Å². The molecule has 1 nitrogen and oxygen atoms in total. The SMILES string of the molecule is CCNC(CCc1ccccc1)Cc1cc(Br)cs1. The maximum absolute atomic E-state index is 3.60. The molecule has 0 radical (unpaired) electrons. The standard InChI is InChI=1S/C16H20BrNS/c1-2-18-15(11-16-10-14(17)12-19-16)9-8-13-6-4-3-5-7-13/h3-7,10,12,15,18H,2,8-9,11H2,1H3. The van der Waals surface area contributed by atoms with Gasteiger partial charge >= 0.3 is 0 Å². The molecule has 0 fully saturated rings. The molecule has 2 rings (SSSR count). The van der Waals surface area contributed by atoms with Crippen LogP contribution in [0.15, 0.2) is 46.3 Å². The van der Waals surface area contributed by atoms with E-state index in [1.54, 1.807) is 0 Å². The predicted molar refractivity (Wildman–Crippen MR) is 88.0 cm³/mol. The molecule has 1 aromatic carbocycles. The minimum atomic E-state index is 0.566. The fourth-order valence-corrected chi connectivity index (χ4v) is 3.79. The van der Waals surface area contributed by atoms with Crippen molar-refractivity contribution in [1.82, 2.24) is 5.32 Å². The summed E-state index contributed by atoms with van der Waals surface area (Å²) in [5, 5.41) is 5.76. The van der Waals surface area contributed by atoms with Crippen molar-refractivity contribution in [3.63, 3.8) is 0 Å². The zero-order valence-corrected chi connectivity index (χ0v) is 13.6. The minimum absolute atomic E-state index is 0.566. The van der Waals surface area contributed by atoms with E-state index < -0.39 is 0 Å². The normalized spacial score (nSPS) is 12.5. The van der Waals surface area contributed by atoms with Crippen LogP contribution in [0.3, 0.4) is 0 Å². The number of nitrogens with one attached hydrogen (secondary N) is 1. The lowest BCUT2D eigenvalue weighted by molar-refractivity contribution is 0.494. The fourth-order valence-electron chi connectivity index (χ4n) is 2.25. The molecule has 0 amide bonds. The molecule has 1 unspecified atom stereocenters. The van der Waals surface area contributed by atoms with Crippen LogP contribution in [0, 0.1) is 0 Å². The first-order valence-corrected chi connectivity index (χ1v) is 8.45. The Morgan fingerprint density at radius 2 is 2.05 bits per heavy atom. The maximum Gasteiger partial charge on any atom is 0.0285 e. The molecular formula is C16H20BrNS. The monoisotopic (exact) mass is 337 g/mol. The van der Waals surface area contributed by atoms with Crippen molar-refractivity contribution < 1.29 is 0 Å². The summed E-state index contributed by atoms with van der Waals surface area (Å²) in [5.41, 5.74) is 1.43. The summed E-state index contributed by atoms with van der Waals surface area (Å²) in [4.78, 5) is 1.45. The van der Waals surface area contributed by atoms with E-state index in [9.17, 15) is 0 Å². The molecule has 0 aliphatic carbocycles. The van der Waals surface area contributed by atoms with E-state index in [1.165, 1.54) is 21.3 Å². The summed E-state index contributed by atoms with van der Waals surface area (Å²) in [6.45, 7) is 3.21. The van der Waals surface area contributed by atoms with Gasteiger partial charge in [0.1, 0.15) is 0 Å². The lowest BCUT2D eigenvalue weighted by Crippen LogP contribution is -2.31. The highest BCUT2D eigenvalue weighted by Crippen LogP contribution is 2.22. The van der Waals surface area contributed by atoms with Crippen molar-refractivity contribution in [2.45, 2.75) is 32.2 Å². The second-order valence-corrected chi connectivity index (χ2v) is 6.63. The van der Waals surface area contributed by atoms with Gasteiger partial charge < -0.3 is 5.32 Å². The summed E-state index contributed by atoms with van der Waals surface area (Å²) < 4.78 is 1.20. The molecule has 0 aliphatic heterocycles. The number of hydrogen-bond donors (Lipinski definition) is 1. The molecule has 1 N–H and O–H groups in total. The summed E-state index contributed by atoms with van der Waals surface area (Å²) in [5.74, 6) is 0. The summed E-state index contributed by atoms with van der Waals surface area (Å²) in [6, 6.07) is 13.5. The molecule has 1 atom stereocenters. The topological polar surface area (TPSA) is 12.0 Å². The maximum atomic E-state index is 3.60. The largest absolute Gasteiger partial charge is 0.314 e. The highest BCUT2D eigenvalue weighted by atomic mass is 79.9. The minimum Gasteiger partial charge on any atom is -0.314 e. The first-order chi connectivity index (χ1) is 9.28. The first kappa shape index (κ1) is 14.8. The molecule has 0 saturated carbocycles. The summed E-state index contributed by atoms with van der Waals surface area (Å²) >= 11 is 5.37. The number of hydrogen-bond acceptors (Lipinski definition) is 2. The van der Waals surface area contributed by atoms with Crippen molar-refractivity contribution in [3.8, 4) is 0 Å². The Labute approximate surface area is 128 Å². The van der Waals surface area contributed by atoms with Crippen molar-refractivity contribution in [2.75, 3.05) is 6.54 Å². The lowest BCUT2D eigenvalue weighted by Gasteiger charge is -2.17. The van der Waals surface area contributed by atoms with Crippen LogP contribution < -0.4 is 5.32 Å². The number of benzene rings is 1. The quantitative estimate of drug-likeness (QED) is 0.774. The van der Waals surface area contributed by atoms with Gasteiger partial charge in [-0.05, 0) is 53.4 Å². The summed E-state index contributed by atoms with van der Waals surface area (Å²) in [6.07, 6.45) is 3.45. The molecule has 1 aromatic heterocycles. The van der Waals surface area contributed by atoms with Gasteiger partial charge in [0.2, 0.25) is 0 Å². The predicted octanol–water partition coefficient (Wildman–Crippen LogP) is 4.66. The van der Waals surface area contributed by atoms with E-state index in [0.29, 0.717) is 6.04 Å². The molecule has 0 aliphatic rings. The fraction of sp³-hybridized carbons (Fsp3) is 0.375. The van der Waals surface area contributed by atoms with Gasteiger partial charge in [0.15, 0.2) is 0 Å². The Morgan fingerprint density at radius 1 is 1.26 bits per heavy atom. The van der Waals surface area contributed by atoms with Gasteiger partial charge in [-0.1, -0.05) is 37.3 Å². The van der Waals surface area contributed by atoms with Crippen LogP contribution >= 0.6 is 27.3 Å². The van der Waals surface area contributed by atoms with Crippen LogP contribution in [-0.2, 0) is 12.8 Å². The van der Waals surface area contributed by atoms with Crippen LogP contribution in [0.25, 0.3) is 0 Å². The molecule has 0 bridgehead atoms. The van der Waals surface area contributed by atoms with Crippen molar-refractivity contribution in [1.29, 1.82) is 0 Å². The van der Waals surface area contributed by atoms with E-state index in [2.05, 4.69) is 69.9 Å². The third-order valence-electron chi connectivity index (χ3n) is 3.19. The molecule has 0 spiro atoms. The third-order valence-corrected chi connectivity index (χ3v) is 4.91. The molecule has 2 aromatic rings. The van der Waals surface area contributed by atoms with Crippen LogP contribution in [0.5, 0.6) is 0 Å². The van der Waals surface area contributed by atoms with Crippen molar-refractivity contribution in [2.24, 2.45) is 0 Å². The van der Waals surface area contributed by atoms with E-state index in [-0.39, 0.29) is 0 Å². The Balaban J connectivity index is 1.89. The van der Waals surface area contributed by atoms with E-state index in [4.69, 9.17) is 0 Å². The Bertz CT molecular complexity index is 481. The summed E-state index contributed by atoms with van der Waals surface area (Å²) in [7, 11) is 0. The average Bonchev–Trinajstić information content (AvgIpc) is 2.83. The Kier molecular flexibility index (Phi) is 6.08. The number of thiophene rings is 1. The zero-order chi connectivity index (χ0) is 13.5. The highest BCUT2D eigenvalue weighted by molar-refractivity contribution is 9.10. The smallest absolute Gasteiger partial charge is 0.0285 e. The number of likely N-dealkylation sites (N-methyl/N-ethyl adjacent to an activating group) is 1. The Hall–Kier alpha value is -0.640. The number of halogens is 1. The molecule has 3 heteroatoms. The molecule has 19 heavy (non-hydrogen) atoms. The van der Waals surface area contributed by atoms with Gasteiger partial charge in [0.05, 0.1) is 0 Å². The van der Waals surface area contributed by atoms with Gasteiger partial charge in [-0.25, -0.2) is 0 Å². The van der Waals surface area contributed by atoms with Gasteiger partial charge in [-0.3, -0.25) is 0 Å². The van der Waals surface area contributed by atoms with Gasteiger partial charge in [0.25, 0.3) is 0 Å². The molecular weight excluding hydrogens is 318 g/mol. The average molecular weight is 338 g/mol. The molecule has 0 saturated heterocycles. The highest BCUT2D eigenvalue weighted by Gasteiger charge is 2.10. The van der Waals surface area contributed by atoms with Crippen molar-refractivity contribution in [3.05, 3.63) is 56.7 Å². The van der Waals surface area contributed by atoms with Crippen molar-refractivity contribution >= 4 is 27.3 Å². The van der Waals surface area contributed by atoms with Crippen LogP contribution in [0.1, 0.15) is 23.8 Å². The van der Waals surface area contributed by atoms with E-state index in [1.807, 2.05) is 11.3 Å². The zero-order valence-electron chi connectivity index (χ0n) is 11.2. The van der Waals surface area contributed by atoms with E-state index in [0.717, 1.165) is 19.4 Å². The van der Waals surface area contributed by atoms with Gasteiger partial charge in [-0.2, -0.15) is 0 Å². The molecule has 102 valence electrons. The number of rotatable bonds is 7. The second-order valence-electron chi connectivity index (χ2n) is 4.71. The van der Waals surface area contributed by atoms with Crippen LogP contribution in [0.4, 0.5) is 0 Å². The first-order valence-electron chi connectivity index (χ1n) is 6.78. The lowest BCUT2D eigenvalue weighted by atomic mass is 10.0. The molecule has 1 heterocycles. The second kappa shape index (κ2) is 7.83. The Morgan fingerprint density at radius 3 is 2.68 bits per heavy atom. The number of aryl methyl sites for hydroxylation is 1.